The van der Waals surface area contributed by atoms with Gasteiger partial charge >= 0.3 is 29.6 Å². The van der Waals surface area contributed by atoms with Gasteiger partial charge in [-0.05, 0) is 18.2 Å². The first-order valence-corrected chi connectivity index (χ1v) is 14.4. The van der Waals surface area contributed by atoms with E-state index in [1.165, 1.54) is 29.1 Å². The molecule has 4 rings (SSSR count). The van der Waals surface area contributed by atoms with Gasteiger partial charge in [0.05, 0.1) is 40.9 Å². The van der Waals surface area contributed by atoms with Crippen molar-refractivity contribution in [3.05, 3.63) is 76.7 Å². The number of carbonyl (C=O) groups excluding carboxylic acids is 2. The maximum Gasteiger partial charge on any atom is 1.00 e. The number of hydrogen-bond donors (Lipinski definition) is 5. The summed E-state index contributed by atoms with van der Waals surface area (Å²) in [4.78, 5) is 34.1. The van der Waals surface area contributed by atoms with Gasteiger partial charge in [-0.15, -0.1) is 5.10 Å². The number of carboxylic acids is 1. The van der Waals surface area contributed by atoms with Crippen LogP contribution in [0.5, 0.6) is 0 Å². The fourth-order valence-corrected chi connectivity index (χ4v) is 5.52. The van der Waals surface area contributed by atoms with E-state index >= 15 is 0 Å². The normalized spacial score (nSPS) is 19.3. The zero-order chi connectivity index (χ0) is 32.2. The van der Waals surface area contributed by atoms with Crippen LogP contribution in [-0.4, -0.2) is 87.0 Å². The van der Waals surface area contributed by atoms with Crippen LogP contribution in [0.25, 0.3) is 11.3 Å². The van der Waals surface area contributed by atoms with Crippen molar-refractivity contribution in [1.29, 1.82) is 0 Å². The summed E-state index contributed by atoms with van der Waals surface area (Å²) in [6.45, 7) is 0.107. The Morgan fingerprint density at radius 1 is 1.18 bits per heavy atom. The number of nitro benzene ring substituents is 1. The van der Waals surface area contributed by atoms with E-state index in [-0.39, 0.29) is 40.9 Å². The molecule has 2 aromatic carbocycles. The molecule has 2 heterocycles. The van der Waals surface area contributed by atoms with E-state index in [9.17, 15) is 48.5 Å². The molecule has 3 aromatic rings. The Labute approximate surface area is 278 Å². The van der Waals surface area contributed by atoms with Crippen molar-refractivity contribution < 1.29 is 77.7 Å². The molecule has 0 aliphatic carbocycles. The molecule has 1 aliphatic heterocycles. The second kappa shape index (κ2) is 15.0. The van der Waals surface area contributed by atoms with Crippen LogP contribution in [0.2, 0.25) is 0 Å². The van der Waals surface area contributed by atoms with E-state index in [4.69, 9.17) is 4.74 Å². The number of amides is 1. The first-order chi connectivity index (χ1) is 20.8. The summed E-state index contributed by atoms with van der Waals surface area (Å²) in [5, 5.41) is 62.9. The topological polar surface area (TPSA) is 259 Å². The zero-order valence-corrected chi connectivity index (χ0v) is 26.7. The van der Waals surface area contributed by atoms with Crippen molar-refractivity contribution in [2.24, 2.45) is 5.92 Å². The van der Waals surface area contributed by atoms with Crippen molar-refractivity contribution in [3.8, 4) is 11.3 Å². The van der Waals surface area contributed by atoms with Crippen LogP contribution < -0.4 is 44.7 Å². The number of aliphatic carboxylic acids is 1. The summed E-state index contributed by atoms with van der Waals surface area (Å²) in [6.07, 6.45) is -1.87. The minimum atomic E-state index is -4.26. The van der Waals surface area contributed by atoms with Crippen LogP contribution >= 0.6 is 0 Å². The molecule has 17 nitrogen and oxygen atoms in total. The Morgan fingerprint density at radius 2 is 1.89 bits per heavy atom. The molecule has 0 radical (unpaired) electrons. The number of carbonyl (C=O) groups is 2. The Balaban J connectivity index is 0.00000552. The van der Waals surface area contributed by atoms with E-state index in [2.05, 4.69) is 20.4 Å². The smallest absolute Gasteiger partial charge is 0.542 e. The number of carboxylic acid groups (broad SMARTS) is 1. The third-order valence-corrected chi connectivity index (χ3v) is 8.21. The summed E-state index contributed by atoms with van der Waals surface area (Å²) >= 11 is 0. The van der Waals surface area contributed by atoms with Gasteiger partial charge in [-0.3, -0.25) is 14.9 Å². The SMILES string of the molecule is C[C@H]1[C@H]([C@H](O)[C@H](O)CO)OC(C(=O)[O-])=C[C@@H]1n1cc(-c2ccccc2NC(=O)CNS(=O)(=O)c2cccc([N+](=O)[O-])c2)nn1.[Na+]. The average Bonchev–Trinajstić information content (AvgIpc) is 3.49. The number of ether oxygens (including phenoxy) is 1. The Morgan fingerprint density at radius 3 is 2.56 bits per heavy atom. The van der Waals surface area contributed by atoms with Gasteiger partial charge in [-0.25, -0.2) is 17.8 Å². The molecule has 1 aliphatic rings. The molecule has 0 unspecified atom stereocenters. The van der Waals surface area contributed by atoms with Crippen molar-refractivity contribution in [1.82, 2.24) is 19.7 Å². The third kappa shape index (κ3) is 8.30. The number of aliphatic hydroxyl groups excluding tert-OH is 3. The number of benzene rings is 2. The number of nitrogens with zero attached hydrogens (tertiary/aromatic N) is 4. The molecule has 234 valence electrons. The molecule has 19 heteroatoms. The van der Waals surface area contributed by atoms with Gasteiger partial charge in [0.15, 0.2) is 0 Å². The van der Waals surface area contributed by atoms with Crippen LogP contribution in [0.3, 0.4) is 0 Å². The van der Waals surface area contributed by atoms with E-state index in [1.807, 2.05) is 0 Å². The molecule has 0 bridgehead atoms. The number of rotatable bonds is 12. The van der Waals surface area contributed by atoms with Gasteiger partial charge in [0.25, 0.3) is 5.69 Å². The summed E-state index contributed by atoms with van der Waals surface area (Å²) < 4.78 is 33.9. The van der Waals surface area contributed by atoms with Crippen LogP contribution in [-0.2, 0) is 24.3 Å². The quantitative estimate of drug-likeness (QED) is 0.0704. The second-order valence-corrected chi connectivity index (χ2v) is 11.5. The standard InChI is InChI=1S/C26H28N6O11S.Na/c1-14-20(10-22(26(37)38)43-25(14)24(36)21(34)13-33)31-12-19(29-30-31)17-7-2-3-8-18(17)28-23(35)11-27-44(41,42)16-6-4-5-15(9-16)32(39)40;/h2-10,12,14,20-21,24-25,27,33-34,36H,11,13H2,1H3,(H,28,35)(H,37,38);/q;+1/p-1/t14-,20+,21-,24-,25-;/m1./s1. The summed E-state index contributed by atoms with van der Waals surface area (Å²) in [5.41, 5.74) is 0.386. The van der Waals surface area contributed by atoms with Gasteiger partial charge in [-0.2, -0.15) is 0 Å². The van der Waals surface area contributed by atoms with Crippen molar-refractivity contribution in [2.45, 2.75) is 36.2 Å². The molecule has 5 N–H and O–H groups in total. The molecular formula is C26H27N6NaO11S. The van der Waals surface area contributed by atoms with Crippen molar-refractivity contribution in [2.75, 3.05) is 18.5 Å². The van der Waals surface area contributed by atoms with Gasteiger partial charge in [0.1, 0.15) is 35.7 Å². The zero-order valence-electron chi connectivity index (χ0n) is 23.9. The number of anilines is 1. The van der Waals surface area contributed by atoms with Crippen molar-refractivity contribution >= 4 is 33.3 Å². The summed E-state index contributed by atoms with van der Waals surface area (Å²) in [6, 6.07) is 9.85. The number of hydrogen-bond acceptors (Lipinski definition) is 13. The van der Waals surface area contributed by atoms with Crippen LogP contribution in [0.4, 0.5) is 11.4 Å². The molecule has 0 saturated carbocycles. The minimum Gasteiger partial charge on any atom is -0.542 e. The largest absolute Gasteiger partial charge is 1.00 e. The molecule has 1 amide bonds. The Bertz CT molecular complexity index is 1700. The molecule has 0 spiro atoms. The maximum atomic E-state index is 12.7. The fraction of sp³-hybridized carbons (Fsp3) is 0.308. The number of nitro groups is 1. The molecule has 45 heavy (non-hydrogen) atoms. The van der Waals surface area contributed by atoms with Gasteiger partial charge in [0.2, 0.25) is 15.9 Å². The molecule has 0 saturated heterocycles. The number of nitrogens with one attached hydrogen (secondary N) is 2. The molecule has 0 fully saturated rings. The predicted molar refractivity (Wildman–Crippen MR) is 148 cm³/mol. The predicted octanol–water partition coefficient (Wildman–Crippen LogP) is -4.30. The van der Waals surface area contributed by atoms with E-state index in [0.29, 0.717) is 5.56 Å². The summed E-state index contributed by atoms with van der Waals surface area (Å²) in [5.74, 6) is -3.73. The molecule has 5 atom stereocenters. The van der Waals surface area contributed by atoms with Gasteiger partial charge < -0.3 is 35.3 Å². The molecular weight excluding hydrogens is 627 g/mol. The monoisotopic (exact) mass is 654 g/mol. The van der Waals surface area contributed by atoms with Gasteiger partial charge in [0, 0.05) is 23.6 Å². The number of allylic oxidation sites excluding steroid dienone is 1. The number of non-ortho nitro benzene ring substituents is 1. The second-order valence-electron chi connectivity index (χ2n) is 9.75. The van der Waals surface area contributed by atoms with E-state index < -0.39 is 86.6 Å². The average molecular weight is 655 g/mol. The van der Waals surface area contributed by atoms with E-state index in [1.54, 1.807) is 25.1 Å². The van der Waals surface area contributed by atoms with Crippen LogP contribution in [0.15, 0.2) is 71.5 Å². The molecule has 1 aromatic heterocycles. The first kappa shape index (κ1) is 35.7. The number of para-hydroxylation sites is 1. The Kier molecular flexibility index (Phi) is 11.9. The first-order valence-electron chi connectivity index (χ1n) is 12.9. The van der Waals surface area contributed by atoms with E-state index in [0.717, 1.165) is 18.2 Å². The van der Waals surface area contributed by atoms with Crippen LogP contribution in [0, 0.1) is 16.0 Å². The number of aliphatic hydroxyl groups is 3. The number of sulfonamides is 1. The number of aromatic nitrogens is 3. The summed E-state index contributed by atoms with van der Waals surface area (Å²) in [7, 11) is -4.26. The Hall–Kier alpha value is -3.75. The minimum absolute atomic E-state index is 0. The van der Waals surface area contributed by atoms with Gasteiger partial charge in [-0.1, -0.05) is 36.4 Å². The van der Waals surface area contributed by atoms with Crippen LogP contribution in [0.1, 0.15) is 13.0 Å². The third-order valence-electron chi connectivity index (χ3n) is 6.82. The maximum absolute atomic E-state index is 12.7. The fourth-order valence-electron chi connectivity index (χ4n) is 4.50. The van der Waals surface area contributed by atoms with Crippen molar-refractivity contribution in [3.63, 3.8) is 0 Å².